The van der Waals surface area contributed by atoms with E-state index in [9.17, 15) is 13.2 Å². The van der Waals surface area contributed by atoms with Gasteiger partial charge in [-0.2, -0.15) is 0 Å². The second kappa shape index (κ2) is 8.19. The smallest absolute Gasteiger partial charge is 0.275 e. The highest BCUT2D eigenvalue weighted by atomic mass is 32.2. The zero-order valence-electron chi connectivity index (χ0n) is 17.0. The van der Waals surface area contributed by atoms with E-state index in [0.717, 1.165) is 37.7 Å². The van der Waals surface area contributed by atoms with Crippen LogP contribution < -0.4 is 15.2 Å². The molecule has 2 aliphatic heterocycles. The lowest BCUT2D eigenvalue weighted by Gasteiger charge is -2.41. The summed E-state index contributed by atoms with van der Waals surface area (Å²) in [6, 6.07) is 3.66. The molecule has 7 heteroatoms. The fourth-order valence-electron chi connectivity index (χ4n) is 5.70. The molecule has 1 aromatic rings. The van der Waals surface area contributed by atoms with E-state index < -0.39 is 10.0 Å². The summed E-state index contributed by atoms with van der Waals surface area (Å²) < 4.78 is 28.5. The summed E-state index contributed by atoms with van der Waals surface area (Å²) in [4.78, 5) is 14.7. The van der Waals surface area contributed by atoms with Gasteiger partial charge in [-0.15, -0.1) is 0 Å². The molecule has 0 radical (unpaired) electrons. The number of hydrogen-bond acceptors (Lipinski definition) is 3. The molecular formula is C21H34N3O3S+. The highest BCUT2D eigenvalue weighted by Crippen LogP contribution is 2.31. The van der Waals surface area contributed by atoms with Crippen LogP contribution in [0.15, 0.2) is 16.9 Å². The minimum absolute atomic E-state index is 0.0406. The van der Waals surface area contributed by atoms with Crippen molar-refractivity contribution >= 4 is 15.7 Å². The lowest BCUT2D eigenvalue weighted by molar-refractivity contribution is -0.914. The molecule has 3 aliphatic rings. The number of hydrogen-bond donors (Lipinski definition) is 2. The lowest BCUT2D eigenvalue weighted by atomic mass is 9.81. The molecule has 2 bridgehead atoms. The zero-order valence-corrected chi connectivity index (χ0v) is 17.8. The van der Waals surface area contributed by atoms with Crippen molar-refractivity contribution in [3.05, 3.63) is 28.2 Å². The van der Waals surface area contributed by atoms with Gasteiger partial charge in [0.15, 0.2) is 0 Å². The average molecular weight is 409 g/mol. The van der Waals surface area contributed by atoms with E-state index in [4.69, 9.17) is 0 Å². The molecule has 1 unspecified atom stereocenters. The SMILES string of the molecule is CCCS(=O)(=O)Nc1ccc2n(c1=O)C[C@H]1C[C@@H]2C[NH+](CC2CCCCC2)C1. The van der Waals surface area contributed by atoms with Gasteiger partial charge < -0.3 is 9.47 Å². The predicted molar refractivity (Wildman–Crippen MR) is 111 cm³/mol. The van der Waals surface area contributed by atoms with Gasteiger partial charge in [-0.3, -0.25) is 9.52 Å². The Morgan fingerprint density at radius 3 is 2.71 bits per heavy atom. The summed E-state index contributed by atoms with van der Waals surface area (Å²) in [5, 5.41) is 0. The van der Waals surface area contributed by atoms with Gasteiger partial charge in [0.05, 0.1) is 25.4 Å². The van der Waals surface area contributed by atoms with Crippen LogP contribution in [0.5, 0.6) is 0 Å². The molecule has 0 aromatic carbocycles. The molecule has 3 atom stereocenters. The number of nitrogens with zero attached hydrogens (tertiary/aromatic N) is 1. The van der Waals surface area contributed by atoms with Crippen molar-refractivity contribution in [1.29, 1.82) is 0 Å². The molecular weight excluding hydrogens is 374 g/mol. The van der Waals surface area contributed by atoms with Gasteiger partial charge in [-0.1, -0.05) is 26.2 Å². The third-order valence-corrected chi connectivity index (χ3v) is 8.31. The van der Waals surface area contributed by atoms with Crippen LogP contribution in [0.1, 0.15) is 63.5 Å². The minimum atomic E-state index is -3.45. The van der Waals surface area contributed by atoms with Crippen molar-refractivity contribution in [2.45, 2.75) is 64.3 Å². The van der Waals surface area contributed by atoms with Gasteiger partial charge in [-0.05, 0) is 37.8 Å². The summed E-state index contributed by atoms with van der Waals surface area (Å²) in [6.45, 7) is 6.08. The third-order valence-electron chi connectivity index (χ3n) is 6.84. The Morgan fingerprint density at radius 1 is 1.18 bits per heavy atom. The fourth-order valence-corrected chi connectivity index (χ4v) is 6.83. The van der Waals surface area contributed by atoms with Gasteiger partial charge in [0.25, 0.3) is 5.56 Å². The van der Waals surface area contributed by atoms with Crippen LogP contribution >= 0.6 is 0 Å². The van der Waals surface area contributed by atoms with E-state index >= 15 is 0 Å². The first-order valence-electron chi connectivity index (χ1n) is 11.0. The maximum atomic E-state index is 13.0. The van der Waals surface area contributed by atoms with Crippen molar-refractivity contribution in [3.63, 3.8) is 0 Å². The molecule has 4 rings (SSSR count). The number of aromatic nitrogens is 1. The number of quaternary nitrogens is 1. The minimum Gasteiger partial charge on any atom is -0.334 e. The summed E-state index contributed by atoms with van der Waals surface area (Å²) in [5.74, 6) is 1.85. The Kier molecular flexibility index (Phi) is 5.83. The van der Waals surface area contributed by atoms with Crippen LogP contribution in [0.3, 0.4) is 0 Å². The van der Waals surface area contributed by atoms with Crippen molar-refractivity contribution in [1.82, 2.24) is 4.57 Å². The monoisotopic (exact) mass is 408 g/mol. The second-order valence-electron chi connectivity index (χ2n) is 9.17. The van der Waals surface area contributed by atoms with Gasteiger partial charge in [0.2, 0.25) is 10.0 Å². The number of pyridine rings is 1. The first-order chi connectivity index (χ1) is 13.4. The van der Waals surface area contributed by atoms with Crippen molar-refractivity contribution < 1.29 is 13.3 Å². The molecule has 1 saturated carbocycles. The zero-order chi connectivity index (χ0) is 19.7. The average Bonchev–Trinajstić information content (AvgIpc) is 2.65. The normalized spacial score (nSPS) is 28.0. The summed E-state index contributed by atoms with van der Waals surface area (Å²) in [6.07, 6.45) is 8.64. The highest BCUT2D eigenvalue weighted by Gasteiger charge is 2.38. The van der Waals surface area contributed by atoms with E-state index in [2.05, 4.69) is 4.72 Å². The van der Waals surface area contributed by atoms with Gasteiger partial charge >= 0.3 is 0 Å². The molecule has 2 fully saturated rings. The van der Waals surface area contributed by atoms with Crippen LogP contribution in [0.4, 0.5) is 5.69 Å². The fraction of sp³-hybridized carbons (Fsp3) is 0.762. The molecule has 1 aliphatic carbocycles. The van der Waals surface area contributed by atoms with E-state index in [1.807, 2.05) is 17.6 Å². The second-order valence-corrected chi connectivity index (χ2v) is 11.0. The summed E-state index contributed by atoms with van der Waals surface area (Å²) in [7, 11) is -3.45. The number of rotatable bonds is 6. The van der Waals surface area contributed by atoms with Crippen molar-refractivity contribution in [3.8, 4) is 0 Å². The Balaban J connectivity index is 1.51. The quantitative estimate of drug-likeness (QED) is 0.751. The highest BCUT2D eigenvalue weighted by molar-refractivity contribution is 7.92. The molecule has 3 heterocycles. The van der Waals surface area contributed by atoms with E-state index in [0.29, 0.717) is 18.3 Å². The number of anilines is 1. The van der Waals surface area contributed by atoms with Gasteiger partial charge in [0.1, 0.15) is 5.69 Å². The maximum Gasteiger partial charge on any atom is 0.275 e. The lowest BCUT2D eigenvalue weighted by Crippen LogP contribution is -3.15. The third kappa shape index (κ3) is 4.30. The molecule has 1 aromatic heterocycles. The molecule has 6 nitrogen and oxygen atoms in total. The Morgan fingerprint density at radius 2 is 1.96 bits per heavy atom. The van der Waals surface area contributed by atoms with Crippen LogP contribution in [0, 0.1) is 11.8 Å². The molecule has 0 amide bonds. The number of fused-ring (bicyclic) bond motifs is 4. The largest absolute Gasteiger partial charge is 0.334 e. The predicted octanol–water partition coefficient (Wildman–Crippen LogP) is 1.58. The number of sulfonamides is 1. The first-order valence-corrected chi connectivity index (χ1v) is 12.7. The topological polar surface area (TPSA) is 72.6 Å². The molecule has 1 saturated heterocycles. The summed E-state index contributed by atoms with van der Waals surface area (Å²) in [5.41, 5.74) is 1.12. The van der Waals surface area contributed by atoms with Crippen LogP contribution in [-0.2, 0) is 16.6 Å². The van der Waals surface area contributed by atoms with E-state index in [1.165, 1.54) is 38.6 Å². The Labute approximate surface area is 168 Å². The summed E-state index contributed by atoms with van der Waals surface area (Å²) >= 11 is 0. The Hall–Kier alpha value is -1.34. The maximum absolute atomic E-state index is 13.0. The Bertz CT molecular complexity index is 858. The standard InChI is InChI=1S/C21H33N3O3S/c1-2-10-28(26,27)22-19-8-9-20-18-11-17(14-24(20)21(19)25)13-23(15-18)12-16-6-4-3-5-7-16/h8-9,16-18,22H,2-7,10-15H2,1H3/p+1/t17-,18+/m0/s1. The molecule has 28 heavy (non-hydrogen) atoms. The molecule has 2 N–H and O–H groups in total. The first kappa shape index (κ1) is 20.0. The van der Waals surface area contributed by atoms with E-state index in [1.54, 1.807) is 11.0 Å². The van der Waals surface area contributed by atoms with Gasteiger partial charge in [0, 0.05) is 30.0 Å². The molecule has 156 valence electrons. The van der Waals surface area contributed by atoms with Crippen molar-refractivity contribution in [2.75, 3.05) is 30.1 Å². The molecule has 0 spiro atoms. The van der Waals surface area contributed by atoms with E-state index in [-0.39, 0.29) is 17.0 Å². The van der Waals surface area contributed by atoms with Crippen LogP contribution in [0.25, 0.3) is 0 Å². The number of nitrogens with one attached hydrogen (secondary N) is 2. The number of likely N-dealkylation sites (tertiary alicyclic amines) is 1. The van der Waals surface area contributed by atoms with Crippen LogP contribution in [-0.4, -0.2) is 38.4 Å². The van der Waals surface area contributed by atoms with Gasteiger partial charge in [-0.25, -0.2) is 8.42 Å². The van der Waals surface area contributed by atoms with Crippen molar-refractivity contribution in [2.24, 2.45) is 11.8 Å². The number of piperidine rings is 1. The van der Waals surface area contributed by atoms with Crippen LogP contribution in [0.2, 0.25) is 0 Å².